The smallest absolute Gasteiger partial charge is 0.258 e. The number of nitrogens with one attached hydrogen (secondary N) is 2. The van der Waals surface area contributed by atoms with Gasteiger partial charge in [0.15, 0.2) is 6.61 Å². The molecule has 0 fully saturated rings. The topological polar surface area (TPSA) is 93.5 Å². The minimum atomic E-state index is -0.256. The van der Waals surface area contributed by atoms with Gasteiger partial charge in [-0.15, -0.1) is 0 Å². The summed E-state index contributed by atoms with van der Waals surface area (Å²) in [6.45, 7) is 1.32. The van der Waals surface area contributed by atoms with Crippen LogP contribution in [0, 0.1) is 0 Å². The molecule has 2 aromatic carbocycles. The van der Waals surface area contributed by atoms with E-state index in [-0.39, 0.29) is 18.4 Å². The summed E-state index contributed by atoms with van der Waals surface area (Å²) in [5, 5.41) is 6.01. The van der Waals surface area contributed by atoms with Crippen molar-refractivity contribution in [2.75, 3.05) is 19.7 Å². The first-order valence-corrected chi connectivity index (χ1v) is 8.69. The number of halogens is 1. The molecular formula is C19H22ClN3O3. The second-order valence-electron chi connectivity index (χ2n) is 5.59. The molecule has 0 spiro atoms. The molecule has 4 N–H and O–H groups in total. The van der Waals surface area contributed by atoms with Crippen molar-refractivity contribution in [2.24, 2.45) is 5.73 Å². The fourth-order valence-electron chi connectivity index (χ4n) is 2.14. The number of para-hydroxylation sites is 1. The van der Waals surface area contributed by atoms with Crippen molar-refractivity contribution >= 4 is 23.4 Å². The number of carbonyl (C=O) groups is 2. The summed E-state index contributed by atoms with van der Waals surface area (Å²) in [6.07, 6.45) is 0.742. The SMILES string of the molecule is NCCCNC(=O)c1ccc(CNC(=O)COc2ccccc2Cl)cc1. The lowest BCUT2D eigenvalue weighted by Gasteiger charge is -2.09. The molecule has 0 aliphatic carbocycles. The first-order chi connectivity index (χ1) is 12.6. The lowest BCUT2D eigenvalue weighted by atomic mass is 10.1. The lowest BCUT2D eigenvalue weighted by molar-refractivity contribution is -0.123. The minimum Gasteiger partial charge on any atom is -0.482 e. The molecule has 0 saturated heterocycles. The van der Waals surface area contributed by atoms with Gasteiger partial charge in [0.2, 0.25) is 0 Å². The van der Waals surface area contributed by atoms with Crippen LogP contribution in [0.4, 0.5) is 0 Å². The first kappa shape index (κ1) is 19.8. The second-order valence-corrected chi connectivity index (χ2v) is 6.00. The van der Waals surface area contributed by atoms with Gasteiger partial charge in [0, 0.05) is 18.7 Å². The van der Waals surface area contributed by atoms with E-state index >= 15 is 0 Å². The van der Waals surface area contributed by atoms with E-state index in [1.165, 1.54) is 0 Å². The quantitative estimate of drug-likeness (QED) is 0.585. The molecule has 0 radical (unpaired) electrons. The maximum Gasteiger partial charge on any atom is 0.258 e. The van der Waals surface area contributed by atoms with Gasteiger partial charge in [-0.25, -0.2) is 0 Å². The van der Waals surface area contributed by atoms with Gasteiger partial charge in [-0.3, -0.25) is 9.59 Å². The third kappa shape index (κ3) is 6.38. The van der Waals surface area contributed by atoms with Crippen LogP contribution < -0.4 is 21.1 Å². The van der Waals surface area contributed by atoms with Gasteiger partial charge in [-0.2, -0.15) is 0 Å². The monoisotopic (exact) mass is 375 g/mol. The van der Waals surface area contributed by atoms with Gasteiger partial charge in [-0.05, 0) is 42.8 Å². The van der Waals surface area contributed by atoms with Crippen LogP contribution >= 0.6 is 11.6 Å². The molecule has 26 heavy (non-hydrogen) atoms. The van der Waals surface area contributed by atoms with Gasteiger partial charge in [0.05, 0.1) is 5.02 Å². The zero-order chi connectivity index (χ0) is 18.8. The van der Waals surface area contributed by atoms with Crippen molar-refractivity contribution in [3.8, 4) is 5.75 Å². The third-order valence-corrected chi connectivity index (χ3v) is 3.88. The molecule has 0 heterocycles. The van der Waals surface area contributed by atoms with Gasteiger partial charge in [-0.1, -0.05) is 35.9 Å². The number of nitrogens with two attached hydrogens (primary N) is 1. The fraction of sp³-hybridized carbons (Fsp3) is 0.263. The number of carbonyl (C=O) groups excluding carboxylic acids is 2. The molecule has 0 aliphatic rings. The Bertz CT molecular complexity index is 735. The Kier molecular flexibility index (Phi) is 7.92. The molecule has 0 atom stereocenters. The van der Waals surface area contributed by atoms with Crippen molar-refractivity contribution in [1.82, 2.24) is 10.6 Å². The van der Waals surface area contributed by atoms with Crippen LogP contribution in [0.5, 0.6) is 5.75 Å². The van der Waals surface area contributed by atoms with Crippen LogP contribution in [0.3, 0.4) is 0 Å². The fourth-order valence-corrected chi connectivity index (χ4v) is 2.33. The standard InChI is InChI=1S/C19H22ClN3O3/c20-16-4-1-2-5-17(16)26-13-18(24)23-12-14-6-8-15(9-7-14)19(25)22-11-3-10-21/h1-2,4-9H,3,10-13,21H2,(H,22,25)(H,23,24). The molecule has 2 aromatic rings. The van der Waals surface area contributed by atoms with Gasteiger partial charge in [0.25, 0.3) is 11.8 Å². The van der Waals surface area contributed by atoms with Crippen molar-refractivity contribution in [1.29, 1.82) is 0 Å². The number of ether oxygens (including phenoxy) is 1. The summed E-state index contributed by atoms with van der Waals surface area (Å²) in [6, 6.07) is 14.0. The van der Waals surface area contributed by atoms with Crippen LogP contribution in [0.2, 0.25) is 5.02 Å². The van der Waals surface area contributed by atoms with E-state index in [0.29, 0.717) is 36.0 Å². The van der Waals surface area contributed by atoms with Crippen molar-refractivity contribution in [3.05, 3.63) is 64.7 Å². The first-order valence-electron chi connectivity index (χ1n) is 8.31. The number of rotatable bonds is 9. The van der Waals surface area contributed by atoms with E-state index in [4.69, 9.17) is 22.1 Å². The van der Waals surface area contributed by atoms with E-state index in [1.54, 1.807) is 48.5 Å². The Morgan fingerprint density at radius 2 is 1.77 bits per heavy atom. The largest absolute Gasteiger partial charge is 0.482 e. The van der Waals surface area contributed by atoms with E-state index in [1.807, 2.05) is 0 Å². The molecule has 6 nitrogen and oxygen atoms in total. The molecule has 138 valence electrons. The van der Waals surface area contributed by atoms with Crippen LogP contribution in [-0.4, -0.2) is 31.5 Å². The number of amides is 2. The van der Waals surface area contributed by atoms with Crippen LogP contribution in [0.1, 0.15) is 22.3 Å². The highest BCUT2D eigenvalue weighted by molar-refractivity contribution is 6.32. The summed E-state index contributed by atoms with van der Waals surface area (Å²) in [5.74, 6) is 0.0741. The van der Waals surface area contributed by atoms with E-state index in [9.17, 15) is 9.59 Å². The summed E-state index contributed by atoms with van der Waals surface area (Å²) in [7, 11) is 0. The molecule has 2 rings (SSSR count). The highest BCUT2D eigenvalue weighted by Crippen LogP contribution is 2.22. The normalized spacial score (nSPS) is 10.2. The van der Waals surface area contributed by atoms with Gasteiger partial charge < -0.3 is 21.1 Å². The number of hydrogen-bond acceptors (Lipinski definition) is 4. The molecule has 0 saturated carbocycles. The predicted octanol–water partition coefficient (Wildman–Crippen LogP) is 2.11. The Balaban J connectivity index is 1.75. The molecule has 0 aliphatic heterocycles. The molecule has 2 amide bonds. The van der Waals surface area contributed by atoms with Crippen LogP contribution in [0.25, 0.3) is 0 Å². The highest BCUT2D eigenvalue weighted by atomic mass is 35.5. The second kappa shape index (κ2) is 10.4. The molecule has 7 heteroatoms. The average Bonchev–Trinajstić information content (AvgIpc) is 2.66. The van der Waals surface area contributed by atoms with E-state index < -0.39 is 0 Å². The summed E-state index contributed by atoms with van der Waals surface area (Å²) >= 11 is 5.97. The Hall–Kier alpha value is -2.57. The summed E-state index contributed by atoms with van der Waals surface area (Å²) in [5.41, 5.74) is 6.84. The van der Waals surface area contributed by atoms with Gasteiger partial charge >= 0.3 is 0 Å². The third-order valence-electron chi connectivity index (χ3n) is 3.57. The predicted molar refractivity (Wildman–Crippen MR) is 101 cm³/mol. The van der Waals surface area contributed by atoms with Crippen LogP contribution in [0.15, 0.2) is 48.5 Å². The van der Waals surface area contributed by atoms with Gasteiger partial charge in [0.1, 0.15) is 5.75 Å². The number of hydrogen-bond donors (Lipinski definition) is 3. The molecule has 0 unspecified atom stereocenters. The average molecular weight is 376 g/mol. The summed E-state index contributed by atoms with van der Waals surface area (Å²) < 4.78 is 5.38. The minimum absolute atomic E-state index is 0.120. The summed E-state index contributed by atoms with van der Waals surface area (Å²) in [4.78, 5) is 23.8. The Morgan fingerprint density at radius 1 is 1.04 bits per heavy atom. The zero-order valence-electron chi connectivity index (χ0n) is 14.3. The number of benzene rings is 2. The zero-order valence-corrected chi connectivity index (χ0v) is 15.1. The maximum absolute atomic E-state index is 11.9. The maximum atomic E-state index is 11.9. The van der Waals surface area contributed by atoms with Crippen molar-refractivity contribution in [3.63, 3.8) is 0 Å². The van der Waals surface area contributed by atoms with Crippen molar-refractivity contribution < 1.29 is 14.3 Å². The Labute approximate surface area is 157 Å². The van der Waals surface area contributed by atoms with Crippen LogP contribution in [-0.2, 0) is 11.3 Å². The van der Waals surface area contributed by atoms with E-state index in [0.717, 1.165) is 12.0 Å². The van der Waals surface area contributed by atoms with E-state index in [2.05, 4.69) is 10.6 Å². The Morgan fingerprint density at radius 3 is 2.46 bits per heavy atom. The molecule has 0 bridgehead atoms. The molecular weight excluding hydrogens is 354 g/mol. The lowest BCUT2D eigenvalue weighted by Crippen LogP contribution is -2.28. The van der Waals surface area contributed by atoms with Crippen molar-refractivity contribution in [2.45, 2.75) is 13.0 Å². The molecule has 0 aromatic heterocycles. The highest BCUT2D eigenvalue weighted by Gasteiger charge is 2.07.